The molecule has 0 amide bonds. The van der Waals surface area contributed by atoms with E-state index < -0.39 is 51.7 Å². The molecule has 14 nitrogen and oxygen atoms in total. The van der Waals surface area contributed by atoms with Crippen molar-refractivity contribution in [1.82, 2.24) is 19.5 Å². The molecule has 3 aromatic rings. The molecule has 0 spiro atoms. The molecule has 1 saturated heterocycles. The lowest BCUT2D eigenvalue weighted by atomic mass is 10.1. The van der Waals surface area contributed by atoms with Crippen molar-refractivity contribution < 1.29 is 43.3 Å². The Morgan fingerprint density at radius 1 is 1.18 bits per heavy atom. The van der Waals surface area contributed by atoms with E-state index >= 15 is 0 Å². The number of aliphatic hydroxyl groups excluding tert-OH is 2. The summed E-state index contributed by atoms with van der Waals surface area (Å²) in [5.41, 5.74) is 1.49. The molecular formula is C20H26ClN5O9P2S. The topological polar surface area (TPSA) is 209 Å². The Labute approximate surface area is 226 Å². The number of imidazole rings is 1. The summed E-state index contributed by atoms with van der Waals surface area (Å²) in [4.78, 5) is 40.9. The van der Waals surface area contributed by atoms with Crippen LogP contribution >= 0.6 is 38.6 Å². The lowest BCUT2D eigenvalue weighted by Crippen LogP contribution is -2.41. The number of anilines is 1. The molecule has 0 radical (unpaired) electrons. The van der Waals surface area contributed by atoms with Crippen molar-refractivity contribution in [3.8, 4) is 0 Å². The Balaban J connectivity index is 1.59. The minimum absolute atomic E-state index is 0.0130. The summed E-state index contributed by atoms with van der Waals surface area (Å²) in [5.74, 6) is -1.06. The molecular weight excluding hydrogens is 584 g/mol. The first-order valence-corrected chi connectivity index (χ1v) is 16.4. The fourth-order valence-corrected chi connectivity index (χ4v) is 7.63. The maximum absolute atomic E-state index is 12.4. The van der Waals surface area contributed by atoms with Gasteiger partial charge in [-0.15, -0.1) is 0 Å². The Bertz CT molecular complexity index is 1360. The fraction of sp³-hybridized carbons (Fsp3) is 0.450. The molecule has 0 bridgehead atoms. The smallest absolute Gasteiger partial charge is 0.340 e. The van der Waals surface area contributed by atoms with Gasteiger partial charge in [0.1, 0.15) is 24.4 Å². The van der Waals surface area contributed by atoms with Crippen LogP contribution < -0.4 is 5.32 Å². The van der Waals surface area contributed by atoms with Gasteiger partial charge in [0, 0.05) is 12.3 Å². The first-order valence-electron chi connectivity index (χ1n) is 11.1. The number of ether oxygens (including phenoxy) is 1. The molecule has 2 unspecified atom stereocenters. The number of nitrogens with one attached hydrogen (secondary N) is 1. The van der Waals surface area contributed by atoms with Gasteiger partial charge in [-0.3, -0.25) is 13.7 Å². The number of hydrogen-bond donors (Lipinski definition) is 6. The summed E-state index contributed by atoms with van der Waals surface area (Å²) in [5, 5.41) is 24.6. The van der Waals surface area contributed by atoms with E-state index in [9.17, 15) is 24.2 Å². The van der Waals surface area contributed by atoms with Crippen LogP contribution in [0.3, 0.4) is 0 Å². The normalized spacial score (nSPS) is 24.4. The van der Waals surface area contributed by atoms with Gasteiger partial charge in [0.15, 0.2) is 29.1 Å². The largest absolute Gasteiger partial charge is 0.387 e. The predicted octanol–water partition coefficient (Wildman–Crippen LogP) is 1.78. The van der Waals surface area contributed by atoms with Crippen LogP contribution in [0.1, 0.15) is 11.8 Å². The standard InChI is InChI=1S/C20H26ClN5O9P2S/c1-38-8-12(35-37(32,33)10-36(29,30)31)16-14(27)15(28)19(34-16)26-9-23-13-17(24-20(21)25-18(13)26)22-7-11-5-3-2-4-6-11/h2-6,9,12,14-16,19,27-28H,7-8,10H2,1H3,(H,32,33)(H,22,24,25)(H2,29,30,31)/t12?,14-,15+,16+,19+/m0/s1. The minimum Gasteiger partial charge on any atom is -0.387 e. The summed E-state index contributed by atoms with van der Waals surface area (Å²) in [6, 6.07) is 9.53. The van der Waals surface area contributed by atoms with E-state index in [1.165, 1.54) is 22.7 Å². The zero-order chi connectivity index (χ0) is 27.7. The second kappa shape index (κ2) is 11.9. The number of halogens is 1. The number of nitrogens with zero attached hydrogens (tertiary/aromatic N) is 4. The van der Waals surface area contributed by atoms with Crippen molar-refractivity contribution >= 4 is 55.5 Å². The van der Waals surface area contributed by atoms with Crippen LogP contribution in [0.2, 0.25) is 5.28 Å². The van der Waals surface area contributed by atoms with Crippen LogP contribution in [0, 0.1) is 0 Å². The average Bonchev–Trinajstić information content (AvgIpc) is 3.37. The van der Waals surface area contributed by atoms with Gasteiger partial charge in [-0.1, -0.05) is 30.3 Å². The molecule has 38 heavy (non-hydrogen) atoms. The molecule has 0 aliphatic carbocycles. The molecule has 1 aromatic carbocycles. The molecule has 6 N–H and O–H groups in total. The van der Waals surface area contributed by atoms with E-state index in [-0.39, 0.29) is 16.7 Å². The number of fused-ring (bicyclic) bond motifs is 1. The maximum Gasteiger partial charge on any atom is 0.340 e. The van der Waals surface area contributed by atoms with Gasteiger partial charge in [-0.2, -0.15) is 21.7 Å². The highest BCUT2D eigenvalue weighted by Gasteiger charge is 2.50. The van der Waals surface area contributed by atoms with Gasteiger partial charge in [-0.25, -0.2) is 4.98 Å². The van der Waals surface area contributed by atoms with Crippen LogP contribution in [-0.2, 0) is 24.9 Å². The lowest BCUT2D eigenvalue weighted by Gasteiger charge is -2.27. The molecule has 0 saturated carbocycles. The zero-order valence-electron chi connectivity index (χ0n) is 19.8. The SMILES string of the molecule is CSCC(OP(=O)(O)CP(=O)(O)O)[C@H]1O[C@@H](n2cnc3c(NCc4ccccc4)nc(Cl)nc32)[C@H](O)[C@@H]1O. The van der Waals surface area contributed by atoms with Crippen molar-refractivity contribution in [3.63, 3.8) is 0 Å². The van der Waals surface area contributed by atoms with Crippen molar-refractivity contribution in [2.24, 2.45) is 0 Å². The first kappa shape index (κ1) is 29.4. The van der Waals surface area contributed by atoms with Gasteiger partial charge in [-0.05, 0) is 23.4 Å². The number of thioether (sulfide) groups is 1. The summed E-state index contributed by atoms with van der Waals surface area (Å²) in [6.45, 7) is 0.420. The number of rotatable bonds is 11. The molecule has 1 aliphatic heterocycles. The van der Waals surface area contributed by atoms with E-state index in [1.807, 2.05) is 30.3 Å². The second-order valence-electron chi connectivity index (χ2n) is 8.52. The number of aliphatic hydroxyl groups is 2. The maximum atomic E-state index is 12.4. The third kappa shape index (κ3) is 6.93. The second-order valence-corrected chi connectivity index (χ2v) is 13.7. The van der Waals surface area contributed by atoms with Gasteiger partial charge in [0.2, 0.25) is 5.28 Å². The average molecular weight is 610 g/mol. The first-order chi connectivity index (χ1) is 17.9. The molecule has 18 heteroatoms. The Kier molecular flexibility index (Phi) is 9.17. The van der Waals surface area contributed by atoms with Crippen LogP contribution in [0.15, 0.2) is 36.7 Å². The van der Waals surface area contributed by atoms with Crippen molar-refractivity contribution in [2.75, 3.05) is 23.2 Å². The van der Waals surface area contributed by atoms with E-state index in [2.05, 4.69) is 20.3 Å². The molecule has 208 valence electrons. The van der Waals surface area contributed by atoms with Crippen LogP contribution in [0.4, 0.5) is 5.82 Å². The van der Waals surface area contributed by atoms with E-state index in [4.69, 9.17) is 30.6 Å². The van der Waals surface area contributed by atoms with Gasteiger partial charge in [0.25, 0.3) is 0 Å². The van der Waals surface area contributed by atoms with E-state index in [1.54, 1.807) is 6.26 Å². The molecule has 6 atom stereocenters. The monoisotopic (exact) mass is 609 g/mol. The number of aromatic nitrogens is 4. The molecule has 3 heterocycles. The lowest BCUT2D eigenvalue weighted by molar-refractivity contribution is -0.0710. The molecule has 1 fully saturated rings. The Hall–Kier alpha value is -1.61. The summed E-state index contributed by atoms with van der Waals surface area (Å²) in [7, 11) is -9.66. The zero-order valence-corrected chi connectivity index (χ0v) is 23.2. The Morgan fingerprint density at radius 3 is 2.55 bits per heavy atom. The van der Waals surface area contributed by atoms with E-state index in [0.29, 0.717) is 17.9 Å². The van der Waals surface area contributed by atoms with Crippen molar-refractivity contribution in [2.45, 2.75) is 37.2 Å². The van der Waals surface area contributed by atoms with Crippen LogP contribution in [-0.4, -0.2) is 86.7 Å². The fourth-order valence-electron chi connectivity index (χ4n) is 4.03. The highest BCUT2D eigenvalue weighted by atomic mass is 35.5. The predicted molar refractivity (Wildman–Crippen MR) is 140 cm³/mol. The number of hydrogen-bond acceptors (Lipinski definition) is 11. The molecule has 4 rings (SSSR count). The van der Waals surface area contributed by atoms with Crippen molar-refractivity contribution in [1.29, 1.82) is 0 Å². The summed E-state index contributed by atoms with van der Waals surface area (Å²) in [6.07, 6.45) is -4.02. The third-order valence-corrected chi connectivity index (χ3v) is 9.94. The minimum atomic E-state index is -4.88. The number of benzene rings is 1. The third-order valence-electron chi connectivity index (χ3n) is 5.61. The summed E-state index contributed by atoms with van der Waals surface area (Å²) >= 11 is 7.33. The molecule has 1 aliphatic rings. The van der Waals surface area contributed by atoms with Gasteiger partial charge >= 0.3 is 15.2 Å². The summed E-state index contributed by atoms with van der Waals surface area (Å²) < 4.78 is 36.0. The van der Waals surface area contributed by atoms with Crippen LogP contribution in [0.25, 0.3) is 11.2 Å². The van der Waals surface area contributed by atoms with Crippen LogP contribution in [0.5, 0.6) is 0 Å². The van der Waals surface area contributed by atoms with Crippen molar-refractivity contribution in [3.05, 3.63) is 47.5 Å². The Morgan fingerprint density at radius 2 is 1.89 bits per heavy atom. The van der Waals surface area contributed by atoms with E-state index in [0.717, 1.165) is 5.56 Å². The highest BCUT2D eigenvalue weighted by Crippen LogP contribution is 2.56. The quantitative estimate of drug-likeness (QED) is 0.135. The van der Waals surface area contributed by atoms with Gasteiger partial charge in [0.05, 0.1) is 6.33 Å². The molecule has 2 aromatic heterocycles. The van der Waals surface area contributed by atoms with Gasteiger partial charge < -0.3 is 39.5 Å². The highest BCUT2D eigenvalue weighted by molar-refractivity contribution is 7.98.